The van der Waals surface area contributed by atoms with Crippen molar-refractivity contribution in [3.8, 4) is 0 Å². The molecular formula is C17H31IN6. The van der Waals surface area contributed by atoms with E-state index in [-0.39, 0.29) is 24.0 Å². The van der Waals surface area contributed by atoms with Gasteiger partial charge in [0, 0.05) is 32.6 Å². The smallest absolute Gasteiger partial charge is 0.194 e. The van der Waals surface area contributed by atoms with Crippen LogP contribution in [0.3, 0.4) is 0 Å². The summed E-state index contributed by atoms with van der Waals surface area (Å²) in [5.41, 5.74) is 1.08. The number of nitrogens with one attached hydrogen (secondary N) is 1. The first kappa shape index (κ1) is 20.9. The number of aryl methyl sites for hydroxylation is 1. The normalized spacial score (nSPS) is 18.2. The van der Waals surface area contributed by atoms with Gasteiger partial charge in [-0.15, -0.1) is 34.2 Å². The molecule has 1 aliphatic rings. The van der Waals surface area contributed by atoms with Crippen LogP contribution in [0, 0.1) is 5.92 Å². The van der Waals surface area contributed by atoms with Crippen LogP contribution in [0.15, 0.2) is 23.5 Å². The number of hydrogen-bond donors (Lipinski definition) is 1. The van der Waals surface area contributed by atoms with Gasteiger partial charge in [-0.25, -0.2) is 4.99 Å². The molecule has 0 aromatic carbocycles. The maximum atomic E-state index is 4.73. The minimum Gasteiger partial charge on any atom is -0.354 e. The van der Waals surface area contributed by atoms with Gasteiger partial charge in [0.25, 0.3) is 0 Å². The molecule has 0 bridgehead atoms. The van der Waals surface area contributed by atoms with E-state index in [9.17, 15) is 0 Å². The van der Waals surface area contributed by atoms with Gasteiger partial charge in [-0.2, -0.15) is 0 Å². The number of aliphatic imine (C=N–C) groups is 1. The lowest BCUT2D eigenvalue weighted by Gasteiger charge is -2.33. The lowest BCUT2D eigenvalue weighted by atomic mass is 10.0. The fraction of sp³-hybridized carbons (Fsp3) is 0.706. The first-order chi connectivity index (χ1) is 11.1. The molecule has 136 valence electrons. The molecule has 2 heterocycles. The average Bonchev–Trinajstić information content (AvgIpc) is 2.97. The fourth-order valence-electron chi connectivity index (χ4n) is 2.89. The summed E-state index contributed by atoms with van der Waals surface area (Å²) in [5, 5.41) is 11.6. The van der Waals surface area contributed by atoms with E-state index < -0.39 is 0 Å². The van der Waals surface area contributed by atoms with Crippen molar-refractivity contribution in [2.24, 2.45) is 10.9 Å². The van der Waals surface area contributed by atoms with Crippen LogP contribution < -0.4 is 5.32 Å². The summed E-state index contributed by atoms with van der Waals surface area (Å²) in [7, 11) is 0. The Hall–Kier alpha value is -1.12. The van der Waals surface area contributed by atoms with Crippen molar-refractivity contribution in [3.63, 3.8) is 0 Å². The molecule has 0 aliphatic carbocycles. The SMILES string of the molecule is C=C(C)CN=C(NCCn1cnnc1CC)N1CCCC(C)C1.I. The maximum Gasteiger partial charge on any atom is 0.194 e. The van der Waals surface area contributed by atoms with E-state index in [1.54, 1.807) is 6.33 Å². The van der Waals surface area contributed by atoms with Crippen LogP contribution in [0.25, 0.3) is 0 Å². The molecule has 1 aromatic rings. The zero-order valence-electron chi connectivity index (χ0n) is 15.2. The van der Waals surface area contributed by atoms with Gasteiger partial charge in [-0.3, -0.25) is 0 Å². The lowest BCUT2D eigenvalue weighted by molar-refractivity contribution is 0.265. The molecule has 1 unspecified atom stereocenters. The van der Waals surface area contributed by atoms with Crippen LogP contribution in [-0.2, 0) is 13.0 Å². The average molecular weight is 446 g/mol. The van der Waals surface area contributed by atoms with Gasteiger partial charge in [-0.05, 0) is 25.7 Å². The summed E-state index contributed by atoms with van der Waals surface area (Å²) in [6.45, 7) is 14.9. The minimum absolute atomic E-state index is 0. The van der Waals surface area contributed by atoms with Crippen LogP contribution in [0.5, 0.6) is 0 Å². The van der Waals surface area contributed by atoms with E-state index in [0.29, 0.717) is 6.54 Å². The Morgan fingerprint density at radius 2 is 2.29 bits per heavy atom. The largest absolute Gasteiger partial charge is 0.354 e. The zero-order valence-corrected chi connectivity index (χ0v) is 17.5. The Morgan fingerprint density at radius 1 is 1.50 bits per heavy atom. The van der Waals surface area contributed by atoms with Crippen LogP contribution in [0.4, 0.5) is 0 Å². The topological polar surface area (TPSA) is 58.3 Å². The number of hydrogen-bond acceptors (Lipinski definition) is 3. The van der Waals surface area contributed by atoms with Crippen LogP contribution in [0.1, 0.15) is 39.4 Å². The van der Waals surface area contributed by atoms with Crippen LogP contribution in [-0.4, -0.2) is 51.8 Å². The summed E-state index contributed by atoms with van der Waals surface area (Å²) in [5.74, 6) is 2.76. The molecule has 0 amide bonds. The number of likely N-dealkylation sites (tertiary alicyclic amines) is 1. The molecule has 1 aromatic heterocycles. The van der Waals surface area contributed by atoms with Gasteiger partial charge in [0.15, 0.2) is 5.96 Å². The summed E-state index contributed by atoms with van der Waals surface area (Å²) < 4.78 is 2.10. The minimum atomic E-state index is 0. The Morgan fingerprint density at radius 3 is 2.96 bits per heavy atom. The lowest BCUT2D eigenvalue weighted by Crippen LogP contribution is -2.47. The molecule has 0 radical (unpaired) electrons. The molecule has 0 spiro atoms. The van der Waals surface area contributed by atoms with Crippen LogP contribution in [0.2, 0.25) is 0 Å². The van der Waals surface area contributed by atoms with Crippen molar-refractivity contribution in [3.05, 3.63) is 24.3 Å². The van der Waals surface area contributed by atoms with Gasteiger partial charge in [0.1, 0.15) is 12.2 Å². The number of piperidine rings is 1. The Bertz CT molecular complexity index is 539. The molecule has 1 saturated heterocycles. The summed E-state index contributed by atoms with van der Waals surface area (Å²) in [6.07, 6.45) is 5.25. The molecule has 1 fully saturated rings. The molecule has 0 saturated carbocycles. The molecule has 2 rings (SSSR count). The second kappa shape index (κ2) is 10.7. The molecule has 1 aliphatic heterocycles. The third-order valence-electron chi connectivity index (χ3n) is 4.10. The van der Waals surface area contributed by atoms with Crippen molar-refractivity contribution >= 4 is 29.9 Å². The van der Waals surface area contributed by atoms with Crippen molar-refractivity contribution in [2.45, 2.75) is 46.6 Å². The molecule has 6 nitrogen and oxygen atoms in total. The number of aromatic nitrogens is 3. The third-order valence-corrected chi connectivity index (χ3v) is 4.10. The highest BCUT2D eigenvalue weighted by Crippen LogP contribution is 2.15. The summed E-state index contributed by atoms with van der Waals surface area (Å²) >= 11 is 0. The highest BCUT2D eigenvalue weighted by molar-refractivity contribution is 14.0. The van der Waals surface area contributed by atoms with Gasteiger partial charge in [0.05, 0.1) is 6.54 Å². The standard InChI is InChI=1S/C17H30N6.HI/c1-5-16-21-20-13-23(16)10-8-18-17(19-11-14(2)3)22-9-6-7-15(4)12-22;/h13,15H,2,5-12H2,1,3-4H3,(H,18,19);1H. The second-order valence-corrected chi connectivity index (χ2v) is 6.51. The van der Waals surface area contributed by atoms with Crippen molar-refractivity contribution in [1.29, 1.82) is 0 Å². The van der Waals surface area contributed by atoms with Crippen LogP contribution >= 0.6 is 24.0 Å². The number of rotatable bonds is 6. The molecule has 24 heavy (non-hydrogen) atoms. The van der Waals surface area contributed by atoms with E-state index >= 15 is 0 Å². The fourth-order valence-corrected chi connectivity index (χ4v) is 2.89. The highest BCUT2D eigenvalue weighted by Gasteiger charge is 2.19. The Balaban J connectivity index is 0.00000288. The van der Waals surface area contributed by atoms with E-state index in [0.717, 1.165) is 55.9 Å². The number of nitrogens with zero attached hydrogens (tertiary/aromatic N) is 5. The number of halogens is 1. The van der Waals surface area contributed by atoms with Gasteiger partial charge >= 0.3 is 0 Å². The van der Waals surface area contributed by atoms with Gasteiger partial charge in [0.2, 0.25) is 0 Å². The first-order valence-corrected chi connectivity index (χ1v) is 8.64. The molecule has 1 atom stereocenters. The second-order valence-electron chi connectivity index (χ2n) is 6.51. The Labute approximate surface area is 162 Å². The quantitative estimate of drug-likeness (QED) is 0.316. The monoisotopic (exact) mass is 446 g/mol. The van der Waals surface area contributed by atoms with E-state index in [2.05, 4.69) is 45.4 Å². The van der Waals surface area contributed by atoms with Crippen molar-refractivity contribution in [1.82, 2.24) is 25.0 Å². The zero-order chi connectivity index (χ0) is 16.7. The van der Waals surface area contributed by atoms with E-state index in [1.807, 2.05) is 6.92 Å². The predicted octanol–water partition coefficient (Wildman–Crippen LogP) is 2.71. The van der Waals surface area contributed by atoms with E-state index in [4.69, 9.17) is 4.99 Å². The Kier molecular flexibility index (Phi) is 9.31. The molecule has 7 heteroatoms. The number of guanidine groups is 1. The molecule has 1 N–H and O–H groups in total. The first-order valence-electron chi connectivity index (χ1n) is 8.64. The summed E-state index contributed by atoms with van der Waals surface area (Å²) in [4.78, 5) is 7.11. The van der Waals surface area contributed by atoms with Crippen molar-refractivity contribution in [2.75, 3.05) is 26.2 Å². The predicted molar refractivity (Wildman–Crippen MR) is 110 cm³/mol. The summed E-state index contributed by atoms with van der Waals surface area (Å²) in [6, 6.07) is 0. The highest BCUT2D eigenvalue weighted by atomic mass is 127. The van der Waals surface area contributed by atoms with Gasteiger partial charge in [-0.1, -0.05) is 26.0 Å². The van der Waals surface area contributed by atoms with Gasteiger partial charge < -0.3 is 14.8 Å². The van der Waals surface area contributed by atoms with E-state index in [1.165, 1.54) is 12.8 Å². The van der Waals surface area contributed by atoms with Crippen molar-refractivity contribution < 1.29 is 0 Å². The maximum absolute atomic E-state index is 4.73. The third kappa shape index (κ3) is 6.41. The molecular weight excluding hydrogens is 415 g/mol.